The molecule has 0 spiro atoms. The minimum atomic E-state index is 0.0249. The van der Waals surface area contributed by atoms with Crippen molar-refractivity contribution < 1.29 is 0 Å². The summed E-state index contributed by atoms with van der Waals surface area (Å²) < 4.78 is 0. The van der Waals surface area contributed by atoms with Gasteiger partial charge in [0.15, 0.2) is 0 Å². The Kier molecular flexibility index (Phi) is 5.65. The Morgan fingerprint density at radius 3 is 2.72 bits per heavy atom. The van der Waals surface area contributed by atoms with E-state index in [1.54, 1.807) is 12.5 Å². The second kappa shape index (κ2) is 7.93. The van der Waals surface area contributed by atoms with Crippen LogP contribution in [0.2, 0.25) is 5.02 Å². The van der Waals surface area contributed by atoms with Crippen molar-refractivity contribution in [3.63, 3.8) is 0 Å². The third kappa shape index (κ3) is 4.35. The second-order valence-electron chi connectivity index (χ2n) is 6.51. The quantitative estimate of drug-likeness (QED) is 0.845. The number of rotatable bonds is 6. The molecule has 0 bridgehead atoms. The molecule has 2 unspecified atom stereocenters. The fourth-order valence-corrected chi connectivity index (χ4v) is 3.09. The lowest BCUT2D eigenvalue weighted by Gasteiger charge is -2.26. The third-order valence-corrected chi connectivity index (χ3v) is 4.88. The van der Waals surface area contributed by atoms with Crippen LogP contribution in [-0.4, -0.2) is 53.7 Å². The summed E-state index contributed by atoms with van der Waals surface area (Å²) in [4.78, 5) is 21.8. The van der Waals surface area contributed by atoms with Crippen LogP contribution in [0.25, 0.3) is 0 Å². The molecule has 2 aromatic rings. The molecule has 0 saturated carbocycles. The van der Waals surface area contributed by atoms with Gasteiger partial charge in [0.2, 0.25) is 11.9 Å². The van der Waals surface area contributed by atoms with Crippen molar-refractivity contribution >= 4 is 23.5 Å². The summed E-state index contributed by atoms with van der Waals surface area (Å²) in [6, 6.07) is 3.79. The normalized spacial score (nSPS) is 18.2. The van der Waals surface area contributed by atoms with Gasteiger partial charge in [0.25, 0.3) is 0 Å². The zero-order valence-corrected chi connectivity index (χ0v) is 15.6. The number of anilines is 2. The number of hydrogen-bond donors (Lipinski definition) is 1. The van der Waals surface area contributed by atoms with Gasteiger partial charge in [-0.15, -0.1) is 0 Å². The smallest absolute Gasteiger partial charge is 0.230 e. The number of aromatic nitrogens is 4. The van der Waals surface area contributed by atoms with Crippen LogP contribution in [0.15, 0.2) is 24.7 Å². The lowest BCUT2D eigenvalue weighted by molar-refractivity contribution is 0.571. The molecule has 1 saturated heterocycles. The first-order valence-electron chi connectivity index (χ1n) is 8.49. The number of halogens is 1. The van der Waals surface area contributed by atoms with Gasteiger partial charge in [-0.05, 0) is 44.5 Å². The standard InChI is InChI=1S/C17H24ClN7/c1-12(15-5-4-14(18)9-20-15)25(3)17-22-11-21-16(23-17)24(2)10-13-6-7-19-8-13/h4-5,9,11-13,19H,6-8,10H2,1-3H3. The molecule has 0 radical (unpaired) electrons. The van der Waals surface area contributed by atoms with Gasteiger partial charge in [0, 0.05) is 26.8 Å². The molecule has 25 heavy (non-hydrogen) atoms. The van der Waals surface area contributed by atoms with E-state index in [4.69, 9.17) is 11.6 Å². The Bertz CT molecular complexity index is 688. The predicted octanol–water partition coefficient (Wildman–Crippen LogP) is 2.16. The summed E-state index contributed by atoms with van der Waals surface area (Å²) in [5.74, 6) is 1.96. The van der Waals surface area contributed by atoms with E-state index in [9.17, 15) is 0 Å². The second-order valence-corrected chi connectivity index (χ2v) is 6.95. The highest BCUT2D eigenvalue weighted by molar-refractivity contribution is 6.30. The van der Waals surface area contributed by atoms with Crippen LogP contribution >= 0.6 is 11.6 Å². The van der Waals surface area contributed by atoms with E-state index in [-0.39, 0.29) is 6.04 Å². The predicted molar refractivity (Wildman–Crippen MR) is 100 cm³/mol. The SMILES string of the molecule is CC(c1ccc(Cl)cn1)N(C)c1ncnc(N(C)CC2CCNC2)n1. The number of hydrogen-bond acceptors (Lipinski definition) is 7. The van der Waals surface area contributed by atoms with Gasteiger partial charge in [-0.1, -0.05) is 11.6 Å². The van der Waals surface area contributed by atoms with E-state index < -0.39 is 0 Å². The summed E-state index contributed by atoms with van der Waals surface area (Å²) in [5.41, 5.74) is 0.916. The highest BCUT2D eigenvalue weighted by Gasteiger charge is 2.20. The van der Waals surface area contributed by atoms with Crippen molar-refractivity contribution in [1.82, 2.24) is 25.3 Å². The molecule has 8 heteroatoms. The van der Waals surface area contributed by atoms with E-state index in [0.29, 0.717) is 22.8 Å². The summed E-state index contributed by atoms with van der Waals surface area (Å²) in [6.45, 7) is 5.15. The Balaban J connectivity index is 1.72. The number of nitrogens with zero attached hydrogens (tertiary/aromatic N) is 6. The minimum Gasteiger partial charge on any atom is -0.343 e. The van der Waals surface area contributed by atoms with Crippen molar-refractivity contribution in [2.75, 3.05) is 43.5 Å². The van der Waals surface area contributed by atoms with Crippen LogP contribution in [0.3, 0.4) is 0 Å². The molecule has 0 aromatic carbocycles. The van der Waals surface area contributed by atoms with Crippen LogP contribution in [0.1, 0.15) is 25.1 Å². The van der Waals surface area contributed by atoms with Crippen molar-refractivity contribution in [2.24, 2.45) is 5.92 Å². The van der Waals surface area contributed by atoms with Gasteiger partial charge < -0.3 is 15.1 Å². The Hall–Kier alpha value is -1.99. The van der Waals surface area contributed by atoms with Gasteiger partial charge in [-0.3, -0.25) is 4.98 Å². The van der Waals surface area contributed by atoms with Crippen LogP contribution < -0.4 is 15.1 Å². The van der Waals surface area contributed by atoms with Crippen LogP contribution in [0.4, 0.5) is 11.9 Å². The fraction of sp³-hybridized carbons (Fsp3) is 0.529. The first-order valence-corrected chi connectivity index (χ1v) is 8.87. The number of pyridine rings is 1. The highest BCUT2D eigenvalue weighted by Crippen LogP contribution is 2.23. The van der Waals surface area contributed by atoms with Gasteiger partial charge in [-0.25, -0.2) is 9.97 Å². The van der Waals surface area contributed by atoms with Crippen molar-refractivity contribution in [2.45, 2.75) is 19.4 Å². The zero-order chi connectivity index (χ0) is 17.8. The van der Waals surface area contributed by atoms with Crippen LogP contribution in [0.5, 0.6) is 0 Å². The average molecular weight is 362 g/mol. The van der Waals surface area contributed by atoms with Crippen LogP contribution in [0, 0.1) is 5.92 Å². The molecule has 0 amide bonds. The van der Waals surface area contributed by atoms with E-state index in [1.807, 2.05) is 31.1 Å². The molecule has 2 atom stereocenters. The molecule has 3 rings (SSSR count). The Labute approximate surface area is 153 Å². The molecular weight excluding hydrogens is 338 g/mol. The Morgan fingerprint density at radius 1 is 1.24 bits per heavy atom. The highest BCUT2D eigenvalue weighted by atomic mass is 35.5. The lowest BCUT2D eigenvalue weighted by atomic mass is 10.1. The van der Waals surface area contributed by atoms with Crippen molar-refractivity contribution in [3.8, 4) is 0 Å². The van der Waals surface area contributed by atoms with Gasteiger partial charge in [0.05, 0.1) is 16.8 Å². The molecule has 7 nitrogen and oxygen atoms in total. The summed E-state index contributed by atoms with van der Waals surface area (Å²) in [7, 11) is 3.99. The summed E-state index contributed by atoms with van der Waals surface area (Å²) >= 11 is 5.92. The first kappa shape index (κ1) is 17.8. The zero-order valence-electron chi connectivity index (χ0n) is 14.9. The molecule has 1 aliphatic heterocycles. The van der Waals surface area contributed by atoms with Crippen molar-refractivity contribution in [3.05, 3.63) is 35.4 Å². The van der Waals surface area contributed by atoms with Gasteiger partial charge in [-0.2, -0.15) is 4.98 Å². The fourth-order valence-electron chi connectivity index (χ4n) is 2.98. The molecule has 0 aliphatic carbocycles. The molecule has 1 N–H and O–H groups in total. The summed E-state index contributed by atoms with van der Waals surface area (Å²) in [5, 5.41) is 4.02. The van der Waals surface area contributed by atoms with E-state index in [2.05, 4.69) is 37.1 Å². The first-order chi connectivity index (χ1) is 12.0. The maximum Gasteiger partial charge on any atom is 0.230 e. The lowest BCUT2D eigenvalue weighted by Crippen LogP contribution is -2.30. The molecule has 3 heterocycles. The third-order valence-electron chi connectivity index (χ3n) is 4.66. The van der Waals surface area contributed by atoms with Gasteiger partial charge >= 0.3 is 0 Å². The van der Waals surface area contributed by atoms with Crippen LogP contribution in [-0.2, 0) is 0 Å². The molecule has 134 valence electrons. The van der Waals surface area contributed by atoms with Crippen molar-refractivity contribution in [1.29, 1.82) is 0 Å². The van der Waals surface area contributed by atoms with Gasteiger partial charge in [0.1, 0.15) is 6.33 Å². The van der Waals surface area contributed by atoms with E-state index in [1.165, 1.54) is 6.42 Å². The maximum atomic E-state index is 5.92. The molecule has 2 aromatic heterocycles. The summed E-state index contributed by atoms with van der Waals surface area (Å²) in [6.07, 6.45) is 4.42. The molecule has 1 fully saturated rings. The monoisotopic (exact) mass is 361 g/mol. The minimum absolute atomic E-state index is 0.0249. The number of nitrogens with one attached hydrogen (secondary N) is 1. The largest absolute Gasteiger partial charge is 0.343 e. The molecular formula is C17H24ClN7. The topological polar surface area (TPSA) is 70.1 Å². The Morgan fingerprint density at radius 2 is 2.04 bits per heavy atom. The maximum absolute atomic E-state index is 5.92. The van der Waals surface area contributed by atoms with E-state index in [0.717, 1.165) is 25.3 Å². The van der Waals surface area contributed by atoms with E-state index >= 15 is 0 Å². The average Bonchev–Trinajstić information content (AvgIpc) is 3.14. The molecule has 1 aliphatic rings.